The van der Waals surface area contributed by atoms with Crippen molar-refractivity contribution in [1.82, 2.24) is 14.9 Å². The van der Waals surface area contributed by atoms with E-state index < -0.39 is 0 Å². The summed E-state index contributed by atoms with van der Waals surface area (Å²) in [4.78, 5) is 22.7. The second-order valence-corrected chi connectivity index (χ2v) is 8.41. The van der Waals surface area contributed by atoms with Crippen molar-refractivity contribution in [2.24, 2.45) is 0 Å². The molecule has 6 heteroatoms. The lowest BCUT2D eigenvalue weighted by atomic mass is 10.0. The van der Waals surface area contributed by atoms with Crippen LogP contribution in [0.2, 0.25) is 0 Å². The fourth-order valence-corrected chi connectivity index (χ4v) is 4.25. The Morgan fingerprint density at radius 2 is 1.68 bits per heavy atom. The van der Waals surface area contributed by atoms with E-state index in [-0.39, 0.29) is 5.91 Å². The highest BCUT2D eigenvalue weighted by atomic mass is 32.1. The Labute approximate surface area is 184 Å². The molecule has 152 valence electrons. The van der Waals surface area contributed by atoms with E-state index in [0.29, 0.717) is 5.56 Å². The standard InChI is InChI=1S/C25H20N4OS/c1-29(2)25(30)17-5-3-16(4-6-17)18-7-9-20-21(11-12-26-22(20)13-18)28-19-8-10-24-23(14-19)27-15-31-24/h3-15H,1-2H3,(H,26,28). The molecule has 2 aromatic heterocycles. The second-order valence-electron chi connectivity index (χ2n) is 7.53. The van der Waals surface area contributed by atoms with E-state index >= 15 is 0 Å². The summed E-state index contributed by atoms with van der Waals surface area (Å²) in [6.45, 7) is 0. The Morgan fingerprint density at radius 3 is 2.48 bits per heavy atom. The molecule has 0 fully saturated rings. The van der Waals surface area contributed by atoms with Gasteiger partial charge in [-0.15, -0.1) is 11.3 Å². The summed E-state index contributed by atoms with van der Waals surface area (Å²) in [5, 5.41) is 4.55. The number of anilines is 2. The highest BCUT2D eigenvalue weighted by Crippen LogP contribution is 2.30. The summed E-state index contributed by atoms with van der Waals surface area (Å²) in [5.74, 6) is -0.00159. The van der Waals surface area contributed by atoms with Gasteiger partial charge in [-0.3, -0.25) is 9.78 Å². The molecule has 1 N–H and O–H groups in total. The number of thiazole rings is 1. The average Bonchev–Trinajstić information content (AvgIpc) is 3.26. The molecule has 5 nitrogen and oxygen atoms in total. The van der Waals surface area contributed by atoms with Gasteiger partial charge < -0.3 is 10.2 Å². The van der Waals surface area contributed by atoms with Crippen molar-refractivity contribution >= 4 is 49.7 Å². The number of hydrogen-bond donors (Lipinski definition) is 1. The van der Waals surface area contributed by atoms with Crippen LogP contribution in [-0.4, -0.2) is 34.9 Å². The molecule has 1 amide bonds. The van der Waals surface area contributed by atoms with Crippen molar-refractivity contribution in [3.05, 3.63) is 84.0 Å². The van der Waals surface area contributed by atoms with E-state index in [1.165, 1.54) is 4.70 Å². The maximum absolute atomic E-state index is 12.1. The summed E-state index contributed by atoms with van der Waals surface area (Å²) in [7, 11) is 3.51. The molecule has 0 saturated carbocycles. The summed E-state index contributed by atoms with van der Waals surface area (Å²) < 4.78 is 1.17. The van der Waals surface area contributed by atoms with Gasteiger partial charge in [0.25, 0.3) is 5.91 Å². The van der Waals surface area contributed by atoms with Crippen LogP contribution >= 0.6 is 11.3 Å². The van der Waals surface area contributed by atoms with E-state index in [9.17, 15) is 4.79 Å². The first kappa shape index (κ1) is 19.2. The number of nitrogens with one attached hydrogen (secondary N) is 1. The smallest absolute Gasteiger partial charge is 0.253 e. The number of carbonyl (C=O) groups is 1. The number of benzene rings is 3. The van der Waals surface area contributed by atoms with Crippen molar-refractivity contribution in [3.63, 3.8) is 0 Å². The molecule has 31 heavy (non-hydrogen) atoms. The molecule has 0 aliphatic rings. The third kappa shape index (κ3) is 3.73. The Kier molecular flexibility index (Phi) is 4.84. The predicted molar refractivity (Wildman–Crippen MR) is 128 cm³/mol. The van der Waals surface area contributed by atoms with Crippen LogP contribution < -0.4 is 5.32 Å². The van der Waals surface area contributed by atoms with Crippen LogP contribution in [0.3, 0.4) is 0 Å². The van der Waals surface area contributed by atoms with Crippen molar-refractivity contribution in [2.75, 3.05) is 19.4 Å². The Balaban J connectivity index is 1.46. The Morgan fingerprint density at radius 1 is 0.871 bits per heavy atom. The molecule has 5 aromatic rings. The van der Waals surface area contributed by atoms with E-state index in [2.05, 4.69) is 51.7 Å². The first-order chi connectivity index (χ1) is 15.1. The molecular formula is C25H20N4OS. The molecule has 0 radical (unpaired) electrons. The zero-order chi connectivity index (χ0) is 21.4. The molecule has 0 atom stereocenters. The predicted octanol–water partition coefficient (Wildman–Crippen LogP) is 5.96. The van der Waals surface area contributed by atoms with Gasteiger partial charge in [-0.1, -0.05) is 24.3 Å². The average molecular weight is 425 g/mol. The van der Waals surface area contributed by atoms with Gasteiger partial charge in [0.05, 0.1) is 21.2 Å². The van der Waals surface area contributed by atoms with Crippen LogP contribution in [0.5, 0.6) is 0 Å². The third-order valence-corrected chi connectivity index (χ3v) is 6.03. The quantitative estimate of drug-likeness (QED) is 0.387. The molecule has 5 rings (SSSR count). The molecule has 0 unspecified atom stereocenters. The largest absolute Gasteiger partial charge is 0.355 e. The van der Waals surface area contributed by atoms with Gasteiger partial charge >= 0.3 is 0 Å². The maximum Gasteiger partial charge on any atom is 0.253 e. The topological polar surface area (TPSA) is 58.1 Å². The van der Waals surface area contributed by atoms with Gasteiger partial charge in [0, 0.05) is 42.6 Å². The van der Waals surface area contributed by atoms with Crippen LogP contribution in [0.15, 0.2) is 78.4 Å². The minimum absolute atomic E-state index is 0.00159. The number of pyridine rings is 1. The summed E-state index contributed by atoms with van der Waals surface area (Å²) in [6, 6.07) is 22.1. The zero-order valence-electron chi connectivity index (χ0n) is 17.2. The van der Waals surface area contributed by atoms with Crippen molar-refractivity contribution < 1.29 is 4.79 Å². The van der Waals surface area contributed by atoms with E-state index in [1.807, 2.05) is 42.0 Å². The van der Waals surface area contributed by atoms with Crippen molar-refractivity contribution in [2.45, 2.75) is 0 Å². The fraction of sp³-hybridized carbons (Fsp3) is 0.0800. The lowest BCUT2D eigenvalue weighted by molar-refractivity contribution is 0.0827. The van der Waals surface area contributed by atoms with Gasteiger partial charge in [0.15, 0.2) is 0 Å². The van der Waals surface area contributed by atoms with Gasteiger partial charge in [-0.05, 0) is 53.6 Å². The van der Waals surface area contributed by atoms with Gasteiger partial charge in [0.2, 0.25) is 0 Å². The molecule has 2 heterocycles. The maximum atomic E-state index is 12.1. The van der Waals surface area contributed by atoms with E-state index in [0.717, 1.165) is 38.9 Å². The lowest BCUT2D eigenvalue weighted by Crippen LogP contribution is -2.21. The lowest BCUT2D eigenvalue weighted by Gasteiger charge is -2.12. The third-order valence-electron chi connectivity index (χ3n) is 5.22. The van der Waals surface area contributed by atoms with Gasteiger partial charge in [-0.2, -0.15) is 0 Å². The van der Waals surface area contributed by atoms with Crippen LogP contribution in [0.1, 0.15) is 10.4 Å². The normalized spacial score (nSPS) is 11.0. The number of amides is 1. The summed E-state index contributed by atoms with van der Waals surface area (Å²) in [5.41, 5.74) is 8.54. The minimum atomic E-state index is -0.00159. The molecule has 0 aliphatic carbocycles. The van der Waals surface area contributed by atoms with Crippen LogP contribution in [-0.2, 0) is 0 Å². The molecule has 0 bridgehead atoms. The van der Waals surface area contributed by atoms with E-state index in [4.69, 9.17) is 0 Å². The van der Waals surface area contributed by atoms with Crippen LogP contribution in [0.4, 0.5) is 11.4 Å². The number of rotatable bonds is 4. The first-order valence-electron chi connectivity index (χ1n) is 9.90. The Bertz CT molecular complexity index is 1410. The SMILES string of the molecule is CN(C)C(=O)c1ccc(-c2ccc3c(Nc4ccc5scnc5c4)ccnc3c2)cc1. The molecule has 0 aliphatic heterocycles. The van der Waals surface area contributed by atoms with Crippen molar-refractivity contribution in [1.29, 1.82) is 0 Å². The van der Waals surface area contributed by atoms with Gasteiger partial charge in [0.1, 0.15) is 0 Å². The summed E-state index contributed by atoms with van der Waals surface area (Å²) in [6.07, 6.45) is 1.81. The number of hydrogen-bond acceptors (Lipinski definition) is 5. The zero-order valence-corrected chi connectivity index (χ0v) is 18.0. The molecule has 0 saturated heterocycles. The Hall–Kier alpha value is -3.77. The van der Waals surface area contributed by atoms with Crippen molar-refractivity contribution in [3.8, 4) is 11.1 Å². The first-order valence-corrected chi connectivity index (χ1v) is 10.8. The second kappa shape index (κ2) is 7.81. The fourth-order valence-electron chi connectivity index (χ4n) is 3.59. The van der Waals surface area contributed by atoms with Crippen LogP contribution in [0, 0.1) is 0 Å². The van der Waals surface area contributed by atoms with Crippen LogP contribution in [0.25, 0.3) is 32.2 Å². The monoisotopic (exact) mass is 424 g/mol. The number of nitrogens with zero attached hydrogens (tertiary/aromatic N) is 3. The minimum Gasteiger partial charge on any atom is -0.355 e. The molecule has 0 spiro atoms. The molecular weight excluding hydrogens is 404 g/mol. The highest BCUT2D eigenvalue weighted by molar-refractivity contribution is 7.16. The molecule has 3 aromatic carbocycles. The number of carbonyl (C=O) groups excluding carboxylic acids is 1. The van der Waals surface area contributed by atoms with E-state index in [1.54, 1.807) is 30.3 Å². The highest BCUT2D eigenvalue weighted by Gasteiger charge is 2.09. The summed E-state index contributed by atoms with van der Waals surface area (Å²) >= 11 is 1.64. The van der Waals surface area contributed by atoms with Gasteiger partial charge in [-0.25, -0.2) is 4.98 Å². The number of fused-ring (bicyclic) bond motifs is 2. The number of aromatic nitrogens is 2.